The first-order chi connectivity index (χ1) is 10.0. The lowest BCUT2D eigenvalue weighted by molar-refractivity contribution is 0.0827. The van der Waals surface area contributed by atoms with Crippen molar-refractivity contribution in [3.8, 4) is 0 Å². The van der Waals surface area contributed by atoms with Crippen molar-refractivity contribution in [1.82, 2.24) is 4.90 Å². The minimum Gasteiger partial charge on any atom is -0.397 e. The number of aryl methyl sites for hydroxylation is 1. The molecule has 110 valence electrons. The van der Waals surface area contributed by atoms with Gasteiger partial charge in [-0.15, -0.1) is 0 Å². The van der Waals surface area contributed by atoms with E-state index in [1.54, 1.807) is 26.2 Å². The lowest BCUT2D eigenvalue weighted by Crippen LogP contribution is -2.21. The Bertz CT molecular complexity index is 650. The van der Waals surface area contributed by atoms with Crippen molar-refractivity contribution < 1.29 is 4.79 Å². The van der Waals surface area contributed by atoms with E-state index in [0.717, 1.165) is 17.8 Å². The molecule has 0 unspecified atom stereocenters. The van der Waals surface area contributed by atoms with Crippen molar-refractivity contribution in [2.45, 2.75) is 13.3 Å². The second kappa shape index (κ2) is 6.31. The van der Waals surface area contributed by atoms with Gasteiger partial charge in [0.05, 0.1) is 11.4 Å². The standard InChI is InChI=1S/C17H21N3O/c1-4-12-7-5-6-8-15(12)19-16-10-9-13(11-14(16)18)17(21)20(2)3/h5-11,19H,4,18H2,1-3H3. The van der Waals surface area contributed by atoms with Gasteiger partial charge in [0.25, 0.3) is 5.91 Å². The van der Waals surface area contributed by atoms with Crippen molar-refractivity contribution >= 4 is 23.0 Å². The van der Waals surface area contributed by atoms with Gasteiger partial charge in [-0.05, 0) is 36.2 Å². The first-order valence-corrected chi connectivity index (χ1v) is 6.99. The highest BCUT2D eigenvalue weighted by Gasteiger charge is 2.10. The Morgan fingerprint density at radius 1 is 1.14 bits per heavy atom. The van der Waals surface area contributed by atoms with E-state index >= 15 is 0 Å². The molecule has 0 spiro atoms. The highest BCUT2D eigenvalue weighted by Crippen LogP contribution is 2.26. The van der Waals surface area contributed by atoms with Gasteiger partial charge in [0.2, 0.25) is 0 Å². The summed E-state index contributed by atoms with van der Waals surface area (Å²) in [6, 6.07) is 13.5. The maximum Gasteiger partial charge on any atom is 0.253 e. The van der Waals surface area contributed by atoms with E-state index in [-0.39, 0.29) is 5.91 Å². The smallest absolute Gasteiger partial charge is 0.253 e. The topological polar surface area (TPSA) is 58.4 Å². The number of carbonyl (C=O) groups excluding carboxylic acids is 1. The second-order valence-electron chi connectivity index (χ2n) is 5.14. The Hall–Kier alpha value is -2.49. The van der Waals surface area contributed by atoms with E-state index in [2.05, 4.69) is 18.3 Å². The normalized spacial score (nSPS) is 10.2. The van der Waals surface area contributed by atoms with Crippen LogP contribution in [0, 0.1) is 0 Å². The Labute approximate surface area is 125 Å². The van der Waals surface area contributed by atoms with E-state index in [4.69, 9.17) is 5.73 Å². The van der Waals surface area contributed by atoms with Crippen LogP contribution in [0.4, 0.5) is 17.1 Å². The third-order valence-corrected chi connectivity index (χ3v) is 3.37. The zero-order chi connectivity index (χ0) is 15.4. The van der Waals surface area contributed by atoms with E-state index in [1.807, 2.05) is 24.3 Å². The molecule has 0 atom stereocenters. The summed E-state index contributed by atoms with van der Waals surface area (Å²) in [5, 5.41) is 3.34. The summed E-state index contributed by atoms with van der Waals surface area (Å²) in [7, 11) is 3.45. The average molecular weight is 283 g/mol. The number of para-hydroxylation sites is 1. The van der Waals surface area contributed by atoms with Crippen molar-refractivity contribution in [2.75, 3.05) is 25.1 Å². The van der Waals surface area contributed by atoms with Gasteiger partial charge in [0, 0.05) is 25.3 Å². The third-order valence-electron chi connectivity index (χ3n) is 3.37. The molecule has 21 heavy (non-hydrogen) atoms. The number of nitrogens with two attached hydrogens (primary N) is 1. The maximum atomic E-state index is 11.9. The number of hydrogen-bond donors (Lipinski definition) is 2. The zero-order valence-corrected chi connectivity index (χ0v) is 12.7. The molecule has 0 aliphatic rings. The summed E-state index contributed by atoms with van der Waals surface area (Å²) in [6.45, 7) is 2.11. The quantitative estimate of drug-likeness (QED) is 0.847. The van der Waals surface area contributed by atoms with Crippen molar-refractivity contribution in [3.05, 3.63) is 53.6 Å². The second-order valence-corrected chi connectivity index (χ2v) is 5.14. The van der Waals surface area contributed by atoms with E-state index in [1.165, 1.54) is 10.5 Å². The van der Waals surface area contributed by atoms with Crippen LogP contribution in [0.25, 0.3) is 0 Å². The molecule has 2 aromatic carbocycles. The van der Waals surface area contributed by atoms with Gasteiger partial charge in [0.15, 0.2) is 0 Å². The minimum atomic E-state index is -0.0535. The number of hydrogen-bond acceptors (Lipinski definition) is 3. The molecule has 0 heterocycles. The predicted octanol–water partition coefficient (Wildman–Crippen LogP) is 3.28. The monoisotopic (exact) mass is 283 g/mol. The van der Waals surface area contributed by atoms with Gasteiger partial charge in [0.1, 0.15) is 0 Å². The lowest BCUT2D eigenvalue weighted by Gasteiger charge is -2.15. The number of benzene rings is 2. The molecule has 3 N–H and O–H groups in total. The van der Waals surface area contributed by atoms with Crippen LogP contribution in [0.2, 0.25) is 0 Å². The van der Waals surface area contributed by atoms with E-state index in [9.17, 15) is 4.79 Å². The van der Waals surface area contributed by atoms with Crippen LogP contribution in [0.5, 0.6) is 0 Å². The van der Waals surface area contributed by atoms with Gasteiger partial charge in [-0.3, -0.25) is 4.79 Å². The highest BCUT2D eigenvalue weighted by atomic mass is 16.2. The molecule has 0 aliphatic heterocycles. The number of nitrogens with one attached hydrogen (secondary N) is 1. The fourth-order valence-corrected chi connectivity index (χ4v) is 2.16. The average Bonchev–Trinajstić information content (AvgIpc) is 2.49. The van der Waals surface area contributed by atoms with E-state index in [0.29, 0.717) is 11.3 Å². The number of rotatable bonds is 4. The molecule has 2 rings (SSSR count). The van der Waals surface area contributed by atoms with Crippen molar-refractivity contribution in [2.24, 2.45) is 0 Å². The fourth-order valence-electron chi connectivity index (χ4n) is 2.16. The van der Waals surface area contributed by atoms with Gasteiger partial charge in [-0.1, -0.05) is 25.1 Å². The summed E-state index contributed by atoms with van der Waals surface area (Å²) in [6.07, 6.45) is 0.945. The Morgan fingerprint density at radius 2 is 1.86 bits per heavy atom. The lowest BCUT2D eigenvalue weighted by atomic mass is 10.1. The van der Waals surface area contributed by atoms with Crippen LogP contribution in [-0.4, -0.2) is 24.9 Å². The minimum absolute atomic E-state index is 0.0535. The molecule has 0 saturated carbocycles. The van der Waals surface area contributed by atoms with Crippen LogP contribution in [0.1, 0.15) is 22.8 Å². The van der Waals surface area contributed by atoms with Crippen LogP contribution >= 0.6 is 0 Å². The fraction of sp³-hybridized carbons (Fsp3) is 0.235. The number of carbonyl (C=O) groups is 1. The summed E-state index contributed by atoms with van der Waals surface area (Å²) < 4.78 is 0. The summed E-state index contributed by atoms with van der Waals surface area (Å²) in [4.78, 5) is 13.5. The van der Waals surface area contributed by atoms with Gasteiger partial charge in [-0.2, -0.15) is 0 Å². The summed E-state index contributed by atoms with van der Waals surface area (Å²) in [5.74, 6) is -0.0535. The van der Waals surface area contributed by atoms with Crippen LogP contribution in [0.15, 0.2) is 42.5 Å². The first-order valence-electron chi connectivity index (χ1n) is 6.99. The van der Waals surface area contributed by atoms with Crippen LogP contribution < -0.4 is 11.1 Å². The van der Waals surface area contributed by atoms with Crippen LogP contribution in [0.3, 0.4) is 0 Å². The molecule has 0 aromatic heterocycles. The molecule has 4 heteroatoms. The zero-order valence-electron chi connectivity index (χ0n) is 12.7. The molecular formula is C17H21N3O. The Kier molecular flexibility index (Phi) is 4.48. The Balaban J connectivity index is 2.28. The molecule has 0 aliphatic carbocycles. The van der Waals surface area contributed by atoms with Crippen molar-refractivity contribution in [1.29, 1.82) is 0 Å². The first kappa shape index (κ1) is 14.9. The molecule has 0 bridgehead atoms. The number of nitrogens with zero attached hydrogens (tertiary/aromatic N) is 1. The SMILES string of the molecule is CCc1ccccc1Nc1ccc(C(=O)N(C)C)cc1N. The molecule has 0 radical (unpaired) electrons. The number of nitrogen functional groups attached to an aromatic ring is 1. The van der Waals surface area contributed by atoms with Gasteiger partial charge in [-0.25, -0.2) is 0 Å². The summed E-state index contributed by atoms with van der Waals surface area (Å²) in [5.41, 5.74) is 10.3. The van der Waals surface area contributed by atoms with E-state index < -0.39 is 0 Å². The molecule has 0 saturated heterocycles. The maximum absolute atomic E-state index is 11.9. The van der Waals surface area contributed by atoms with Crippen molar-refractivity contribution in [3.63, 3.8) is 0 Å². The largest absolute Gasteiger partial charge is 0.397 e. The van der Waals surface area contributed by atoms with Gasteiger partial charge < -0.3 is 16.0 Å². The Morgan fingerprint density at radius 3 is 2.48 bits per heavy atom. The molecule has 4 nitrogen and oxygen atoms in total. The van der Waals surface area contributed by atoms with Gasteiger partial charge >= 0.3 is 0 Å². The third kappa shape index (κ3) is 3.34. The predicted molar refractivity (Wildman–Crippen MR) is 88.0 cm³/mol. The molecular weight excluding hydrogens is 262 g/mol. The molecule has 1 amide bonds. The molecule has 2 aromatic rings. The summed E-state index contributed by atoms with van der Waals surface area (Å²) >= 11 is 0. The molecule has 0 fully saturated rings. The number of anilines is 3. The number of amides is 1. The highest BCUT2D eigenvalue weighted by molar-refractivity contribution is 5.96. The van der Waals surface area contributed by atoms with Crippen LogP contribution in [-0.2, 0) is 6.42 Å².